The molecule has 1 atom stereocenters. The number of nitrogens with zero attached hydrogens (tertiary/aromatic N) is 2. The summed E-state index contributed by atoms with van der Waals surface area (Å²) in [5, 5.41) is 3.60. The zero-order valence-corrected chi connectivity index (χ0v) is 24.2. The quantitative estimate of drug-likeness (QED) is 0.363. The highest BCUT2D eigenvalue weighted by molar-refractivity contribution is 7.92. The van der Waals surface area contributed by atoms with Gasteiger partial charge >= 0.3 is 0 Å². The van der Waals surface area contributed by atoms with Crippen molar-refractivity contribution < 1.29 is 18.0 Å². The smallest absolute Gasteiger partial charge is 0.244 e. The van der Waals surface area contributed by atoms with Gasteiger partial charge in [-0.05, 0) is 36.6 Å². The van der Waals surface area contributed by atoms with E-state index >= 15 is 0 Å². The van der Waals surface area contributed by atoms with E-state index in [1.165, 1.54) is 23.1 Å². The lowest BCUT2D eigenvalue weighted by molar-refractivity contribution is -0.140. The van der Waals surface area contributed by atoms with Crippen molar-refractivity contribution >= 4 is 73.9 Å². The molecule has 0 spiro atoms. The second-order valence-electron chi connectivity index (χ2n) is 8.63. The maximum atomic E-state index is 13.7. The van der Waals surface area contributed by atoms with Gasteiger partial charge in [0.15, 0.2) is 0 Å². The standard InChI is InChI=1S/C24H29Cl4N3O4S/c1-5-20(24(33)29-12-15(2)3)30(13-16-17(25)8-6-9-18(16)26)22(32)14-31(36(4,34)35)21-11-7-10-19(27)23(21)28/h6-11,15,20H,5,12-14H2,1-4H3,(H,29,33)/t20-/m1/s1. The van der Waals surface area contributed by atoms with Gasteiger partial charge in [-0.2, -0.15) is 0 Å². The number of sulfonamides is 1. The van der Waals surface area contributed by atoms with Crippen LogP contribution < -0.4 is 9.62 Å². The van der Waals surface area contributed by atoms with E-state index in [1.54, 1.807) is 25.1 Å². The Hall–Kier alpha value is -1.71. The Kier molecular flexibility index (Phi) is 11.2. The fourth-order valence-electron chi connectivity index (χ4n) is 3.48. The average molecular weight is 597 g/mol. The van der Waals surface area contributed by atoms with Crippen LogP contribution in [-0.4, -0.2) is 50.5 Å². The van der Waals surface area contributed by atoms with Gasteiger partial charge in [-0.15, -0.1) is 0 Å². The molecule has 0 heterocycles. The first-order valence-corrected chi connectivity index (χ1v) is 14.6. The summed E-state index contributed by atoms with van der Waals surface area (Å²) in [6.45, 7) is 5.35. The van der Waals surface area contributed by atoms with E-state index in [2.05, 4.69) is 5.32 Å². The minimum atomic E-state index is -3.96. The van der Waals surface area contributed by atoms with Crippen molar-refractivity contribution in [2.75, 3.05) is 23.7 Å². The lowest BCUT2D eigenvalue weighted by Gasteiger charge is -2.33. The summed E-state index contributed by atoms with van der Waals surface area (Å²) in [6.07, 6.45) is 1.23. The van der Waals surface area contributed by atoms with E-state index in [0.29, 0.717) is 22.2 Å². The van der Waals surface area contributed by atoms with Gasteiger partial charge in [0.2, 0.25) is 21.8 Å². The summed E-state index contributed by atoms with van der Waals surface area (Å²) in [5.41, 5.74) is 0.490. The van der Waals surface area contributed by atoms with E-state index in [9.17, 15) is 18.0 Å². The van der Waals surface area contributed by atoms with Crippen LogP contribution in [0.3, 0.4) is 0 Å². The normalized spacial score (nSPS) is 12.4. The molecule has 2 amide bonds. The minimum Gasteiger partial charge on any atom is -0.354 e. The summed E-state index contributed by atoms with van der Waals surface area (Å²) in [4.78, 5) is 28.1. The van der Waals surface area contributed by atoms with Crippen LogP contribution in [0.5, 0.6) is 0 Å². The van der Waals surface area contributed by atoms with Crippen LogP contribution >= 0.6 is 46.4 Å². The summed E-state index contributed by atoms with van der Waals surface area (Å²) >= 11 is 25.1. The molecular formula is C24H29Cl4N3O4S. The molecule has 0 unspecified atom stereocenters. The van der Waals surface area contributed by atoms with Gasteiger partial charge in [-0.3, -0.25) is 13.9 Å². The van der Waals surface area contributed by atoms with Crippen molar-refractivity contribution in [3.8, 4) is 0 Å². The van der Waals surface area contributed by atoms with Crippen LogP contribution in [-0.2, 0) is 26.2 Å². The molecule has 0 saturated heterocycles. The monoisotopic (exact) mass is 595 g/mol. The third kappa shape index (κ3) is 7.89. The third-order valence-electron chi connectivity index (χ3n) is 5.34. The lowest BCUT2D eigenvalue weighted by atomic mass is 10.1. The van der Waals surface area contributed by atoms with Gasteiger partial charge in [0, 0.05) is 28.7 Å². The van der Waals surface area contributed by atoms with Crippen molar-refractivity contribution in [2.24, 2.45) is 5.92 Å². The van der Waals surface area contributed by atoms with Crippen molar-refractivity contribution in [1.29, 1.82) is 0 Å². The second kappa shape index (κ2) is 13.2. The predicted octanol–water partition coefficient (Wildman–Crippen LogP) is 5.65. The molecule has 0 aliphatic rings. The zero-order chi connectivity index (χ0) is 27.2. The topological polar surface area (TPSA) is 86.8 Å². The first-order chi connectivity index (χ1) is 16.8. The maximum Gasteiger partial charge on any atom is 0.244 e. The number of hydrogen-bond acceptors (Lipinski definition) is 4. The third-order valence-corrected chi connectivity index (χ3v) is 7.98. The molecule has 2 rings (SSSR count). The molecule has 36 heavy (non-hydrogen) atoms. The number of rotatable bonds is 11. The van der Waals surface area contributed by atoms with Gasteiger partial charge < -0.3 is 10.2 Å². The van der Waals surface area contributed by atoms with Crippen molar-refractivity contribution in [3.63, 3.8) is 0 Å². The highest BCUT2D eigenvalue weighted by Crippen LogP contribution is 2.34. The Balaban J connectivity index is 2.53. The van der Waals surface area contributed by atoms with Crippen LogP contribution in [0.4, 0.5) is 5.69 Å². The first-order valence-electron chi connectivity index (χ1n) is 11.2. The molecule has 12 heteroatoms. The SMILES string of the molecule is CC[C@H](C(=O)NCC(C)C)N(Cc1c(Cl)cccc1Cl)C(=O)CN(c1cccc(Cl)c1Cl)S(C)(=O)=O. The fourth-order valence-corrected chi connectivity index (χ4v) is 5.29. The Morgan fingerprint density at radius 2 is 1.53 bits per heavy atom. The first kappa shape index (κ1) is 30.5. The molecule has 7 nitrogen and oxygen atoms in total. The highest BCUT2D eigenvalue weighted by atomic mass is 35.5. The van der Waals surface area contributed by atoms with Crippen LogP contribution in [0, 0.1) is 5.92 Å². The predicted molar refractivity (Wildman–Crippen MR) is 148 cm³/mol. The Morgan fingerprint density at radius 1 is 0.972 bits per heavy atom. The molecule has 198 valence electrons. The fraction of sp³-hybridized carbons (Fsp3) is 0.417. The highest BCUT2D eigenvalue weighted by Gasteiger charge is 2.33. The molecule has 0 aliphatic heterocycles. The number of benzene rings is 2. The van der Waals surface area contributed by atoms with E-state index in [-0.39, 0.29) is 40.5 Å². The second-order valence-corrected chi connectivity index (χ2v) is 12.1. The number of anilines is 1. The average Bonchev–Trinajstić information content (AvgIpc) is 2.79. The van der Waals surface area contributed by atoms with E-state index in [4.69, 9.17) is 46.4 Å². The van der Waals surface area contributed by atoms with Crippen LogP contribution in [0.15, 0.2) is 36.4 Å². The molecule has 0 bridgehead atoms. The van der Waals surface area contributed by atoms with Gasteiger partial charge in [0.05, 0.1) is 22.0 Å². The van der Waals surface area contributed by atoms with Gasteiger partial charge in [0.1, 0.15) is 12.6 Å². The number of halogens is 4. The molecule has 0 aliphatic carbocycles. The van der Waals surface area contributed by atoms with E-state index < -0.39 is 28.5 Å². The number of hydrogen-bond donors (Lipinski definition) is 1. The molecule has 1 N–H and O–H groups in total. The number of carbonyl (C=O) groups is 2. The van der Waals surface area contributed by atoms with Crippen molar-refractivity contribution in [2.45, 2.75) is 39.8 Å². The largest absolute Gasteiger partial charge is 0.354 e. The summed E-state index contributed by atoms with van der Waals surface area (Å²) < 4.78 is 26.3. The molecule has 0 fully saturated rings. The maximum absolute atomic E-state index is 13.7. The molecule has 0 saturated carbocycles. The summed E-state index contributed by atoms with van der Waals surface area (Å²) in [6, 6.07) is 8.50. The number of amides is 2. The Morgan fingerprint density at radius 3 is 2.06 bits per heavy atom. The molecular weight excluding hydrogens is 568 g/mol. The van der Waals surface area contributed by atoms with Gasteiger partial charge in [0.25, 0.3) is 0 Å². The van der Waals surface area contributed by atoms with Crippen LogP contribution in [0.25, 0.3) is 0 Å². The molecule has 0 radical (unpaired) electrons. The van der Waals surface area contributed by atoms with Crippen molar-refractivity contribution in [3.05, 3.63) is 62.1 Å². The molecule has 2 aromatic carbocycles. The van der Waals surface area contributed by atoms with Crippen LogP contribution in [0.2, 0.25) is 20.1 Å². The zero-order valence-electron chi connectivity index (χ0n) is 20.4. The minimum absolute atomic E-state index is 0.0141. The Labute approximate surface area is 232 Å². The van der Waals surface area contributed by atoms with E-state index in [0.717, 1.165) is 10.6 Å². The van der Waals surface area contributed by atoms with Gasteiger partial charge in [-0.1, -0.05) is 79.3 Å². The van der Waals surface area contributed by atoms with Crippen LogP contribution in [0.1, 0.15) is 32.8 Å². The lowest BCUT2D eigenvalue weighted by Crippen LogP contribution is -2.52. The molecule has 2 aromatic rings. The molecule has 0 aromatic heterocycles. The van der Waals surface area contributed by atoms with Gasteiger partial charge in [-0.25, -0.2) is 8.42 Å². The number of carbonyl (C=O) groups excluding carboxylic acids is 2. The Bertz CT molecular complexity index is 1190. The number of nitrogens with one attached hydrogen (secondary N) is 1. The summed E-state index contributed by atoms with van der Waals surface area (Å²) in [7, 11) is -3.96. The summed E-state index contributed by atoms with van der Waals surface area (Å²) in [5.74, 6) is -0.812. The van der Waals surface area contributed by atoms with E-state index in [1.807, 2.05) is 13.8 Å². The van der Waals surface area contributed by atoms with Crippen molar-refractivity contribution in [1.82, 2.24) is 10.2 Å².